The van der Waals surface area contributed by atoms with Crippen molar-refractivity contribution in [3.05, 3.63) is 35.4 Å². The van der Waals surface area contributed by atoms with Crippen molar-refractivity contribution in [1.82, 2.24) is 5.32 Å². The Labute approximate surface area is 202 Å². The van der Waals surface area contributed by atoms with Crippen molar-refractivity contribution in [2.45, 2.75) is 30.7 Å². The largest absolute Gasteiger partial charge is 0.497 e. The fraction of sp³-hybridized carbons (Fsp3) is 0.478. The zero-order valence-corrected chi connectivity index (χ0v) is 20.6. The molecule has 1 heterocycles. The second-order valence-electron chi connectivity index (χ2n) is 7.59. The maximum absolute atomic E-state index is 13.0. The number of ether oxygens (including phenoxy) is 6. The highest BCUT2D eigenvalue weighted by molar-refractivity contribution is 6.10. The Morgan fingerprint density at radius 3 is 1.94 bits per heavy atom. The molecule has 192 valence electrons. The van der Waals surface area contributed by atoms with E-state index < -0.39 is 47.6 Å². The Kier molecular flexibility index (Phi) is 9.20. The number of esters is 4. The van der Waals surface area contributed by atoms with Gasteiger partial charge >= 0.3 is 23.9 Å². The minimum Gasteiger partial charge on any atom is -0.497 e. The lowest BCUT2D eigenvalue weighted by Crippen LogP contribution is -2.59. The molecule has 0 saturated carbocycles. The molecule has 12 heteroatoms. The first kappa shape index (κ1) is 27.6. The molecule has 0 fully saturated rings. The lowest BCUT2D eigenvalue weighted by atomic mass is 9.90. The van der Waals surface area contributed by atoms with Crippen LogP contribution >= 0.6 is 0 Å². The predicted octanol–water partition coefficient (Wildman–Crippen LogP) is 0.210. The van der Waals surface area contributed by atoms with E-state index in [-0.39, 0.29) is 11.1 Å². The molecule has 0 unspecified atom stereocenters. The summed E-state index contributed by atoms with van der Waals surface area (Å²) in [6, 6.07) is 4.45. The average molecular weight is 494 g/mol. The monoisotopic (exact) mass is 494 g/mol. The number of rotatable bonds is 10. The van der Waals surface area contributed by atoms with Crippen LogP contribution in [0.25, 0.3) is 0 Å². The molecule has 0 amide bonds. The smallest absolute Gasteiger partial charge is 0.337 e. The van der Waals surface area contributed by atoms with Crippen LogP contribution in [0.3, 0.4) is 0 Å². The second kappa shape index (κ2) is 11.7. The van der Waals surface area contributed by atoms with Gasteiger partial charge in [0.05, 0.1) is 58.8 Å². The first-order valence-electron chi connectivity index (χ1n) is 10.4. The zero-order valence-electron chi connectivity index (χ0n) is 20.6. The van der Waals surface area contributed by atoms with Gasteiger partial charge in [-0.25, -0.2) is 19.2 Å². The van der Waals surface area contributed by atoms with Gasteiger partial charge in [-0.1, -0.05) is 0 Å². The first-order chi connectivity index (χ1) is 16.6. The zero-order chi connectivity index (χ0) is 26.3. The number of hydrogen-bond donors (Lipinski definition) is 2. The van der Waals surface area contributed by atoms with Gasteiger partial charge in [-0.05, 0) is 31.2 Å². The van der Waals surface area contributed by atoms with Crippen LogP contribution in [0, 0.1) is 0 Å². The van der Waals surface area contributed by atoms with Crippen molar-refractivity contribution in [2.24, 2.45) is 0 Å². The molecule has 0 aliphatic carbocycles. The van der Waals surface area contributed by atoms with E-state index in [0.29, 0.717) is 11.4 Å². The van der Waals surface area contributed by atoms with E-state index in [0.717, 1.165) is 21.3 Å². The van der Waals surface area contributed by atoms with Gasteiger partial charge in [0.1, 0.15) is 11.3 Å². The predicted molar refractivity (Wildman–Crippen MR) is 122 cm³/mol. The molecule has 4 atom stereocenters. The van der Waals surface area contributed by atoms with Crippen LogP contribution < -0.4 is 15.4 Å². The normalized spacial score (nSPS) is 20.9. The number of carbonyl (C=O) groups excluding carboxylic acids is 4. The van der Waals surface area contributed by atoms with Crippen LogP contribution in [0.5, 0.6) is 5.75 Å². The van der Waals surface area contributed by atoms with Crippen molar-refractivity contribution in [3.8, 4) is 5.75 Å². The molecule has 2 rings (SSSR count). The summed E-state index contributed by atoms with van der Waals surface area (Å²) < 4.78 is 30.2. The van der Waals surface area contributed by atoms with Gasteiger partial charge in [0, 0.05) is 12.8 Å². The SMILES string of the molecule is COC(=O)C1=C(C(=O)OC)[C@@](C)(C(=O)OC)N[C@H]1[C@H](Nc1ccc(OC)cc1)[C@@H](OC)C(=O)OC. The second-order valence-corrected chi connectivity index (χ2v) is 7.59. The van der Waals surface area contributed by atoms with Crippen LogP contribution in [-0.4, -0.2) is 90.3 Å². The fourth-order valence-corrected chi connectivity index (χ4v) is 3.99. The Morgan fingerprint density at radius 1 is 0.886 bits per heavy atom. The summed E-state index contributed by atoms with van der Waals surface area (Å²) in [6.07, 6.45) is -1.29. The third-order valence-electron chi connectivity index (χ3n) is 5.71. The highest BCUT2D eigenvalue weighted by atomic mass is 16.6. The maximum atomic E-state index is 13.0. The van der Waals surface area contributed by atoms with Gasteiger partial charge < -0.3 is 33.7 Å². The van der Waals surface area contributed by atoms with Crippen LogP contribution in [0.1, 0.15) is 6.92 Å². The molecule has 0 radical (unpaired) electrons. The minimum atomic E-state index is -1.82. The van der Waals surface area contributed by atoms with Crippen molar-refractivity contribution >= 4 is 29.6 Å². The molecule has 0 saturated heterocycles. The first-order valence-corrected chi connectivity index (χ1v) is 10.4. The third-order valence-corrected chi connectivity index (χ3v) is 5.71. The molecule has 1 aliphatic rings. The Morgan fingerprint density at radius 2 is 1.49 bits per heavy atom. The summed E-state index contributed by atoms with van der Waals surface area (Å²) in [5.41, 5.74) is -1.85. The molecule has 35 heavy (non-hydrogen) atoms. The summed E-state index contributed by atoms with van der Waals surface area (Å²) >= 11 is 0. The molecule has 0 bridgehead atoms. The number of anilines is 1. The summed E-state index contributed by atoms with van der Waals surface area (Å²) in [5.74, 6) is -2.92. The lowest BCUT2D eigenvalue weighted by molar-refractivity contribution is -0.154. The minimum absolute atomic E-state index is 0.232. The van der Waals surface area contributed by atoms with E-state index in [2.05, 4.69) is 10.6 Å². The van der Waals surface area contributed by atoms with E-state index in [1.54, 1.807) is 24.3 Å². The number of carbonyl (C=O) groups is 4. The molecule has 1 aromatic rings. The maximum Gasteiger partial charge on any atom is 0.337 e. The van der Waals surface area contributed by atoms with Crippen molar-refractivity contribution in [2.75, 3.05) is 48.0 Å². The quantitative estimate of drug-likeness (QED) is 0.338. The van der Waals surface area contributed by atoms with Gasteiger partial charge in [0.25, 0.3) is 0 Å². The van der Waals surface area contributed by atoms with Crippen LogP contribution in [0.2, 0.25) is 0 Å². The van der Waals surface area contributed by atoms with Gasteiger partial charge in [-0.15, -0.1) is 0 Å². The molecular formula is C23H30N2O10. The molecule has 12 nitrogen and oxygen atoms in total. The number of methoxy groups -OCH3 is 6. The van der Waals surface area contributed by atoms with Gasteiger partial charge in [0.15, 0.2) is 6.10 Å². The van der Waals surface area contributed by atoms with E-state index >= 15 is 0 Å². The molecule has 1 aliphatic heterocycles. The Balaban J connectivity index is 2.75. The topological polar surface area (TPSA) is 148 Å². The van der Waals surface area contributed by atoms with Crippen LogP contribution in [0.15, 0.2) is 35.4 Å². The Hall–Kier alpha value is -3.64. The van der Waals surface area contributed by atoms with Gasteiger partial charge in [-0.2, -0.15) is 0 Å². The fourth-order valence-electron chi connectivity index (χ4n) is 3.99. The van der Waals surface area contributed by atoms with E-state index in [9.17, 15) is 19.2 Å². The van der Waals surface area contributed by atoms with Crippen LogP contribution in [0.4, 0.5) is 5.69 Å². The Bertz CT molecular complexity index is 991. The molecule has 0 spiro atoms. The highest BCUT2D eigenvalue weighted by Crippen LogP contribution is 2.36. The highest BCUT2D eigenvalue weighted by Gasteiger charge is 2.57. The van der Waals surface area contributed by atoms with E-state index in [1.165, 1.54) is 28.3 Å². The average Bonchev–Trinajstić information content (AvgIpc) is 3.21. The standard InChI is InChI=1S/C23H30N2O10/c1-23(22(29)35-7)15(20(27)33-5)14(19(26)32-4)16(25-23)17(18(31-3)21(28)34-6)24-12-8-10-13(30-2)11-9-12/h8-11,16-18,24-25H,1-7H3/t16-,17+,18-,23+/m1/s1. The van der Waals surface area contributed by atoms with Crippen molar-refractivity contribution in [3.63, 3.8) is 0 Å². The molecule has 0 aromatic heterocycles. The number of hydrogen-bond acceptors (Lipinski definition) is 12. The number of nitrogens with one attached hydrogen (secondary N) is 2. The van der Waals surface area contributed by atoms with Gasteiger partial charge in [0.2, 0.25) is 0 Å². The van der Waals surface area contributed by atoms with Gasteiger partial charge in [-0.3, -0.25) is 5.32 Å². The lowest BCUT2D eigenvalue weighted by Gasteiger charge is -2.33. The molecule has 1 aromatic carbocycles. The van der Waals surface area contributed by atoms with Crippen molar-refractivity contribution < 1.29 is 47.6 Å². The molecule has 2 N–H and O–H groups in total. The summed E-state index contributed by atoms with van der Waals surface area (Å²) in [7, 11) is 7.33. The summed E-state index contributed by atoms with van der Waals surface area (Å²) in [6.45, 7) is 1.36. The van der Waals surface area contributed by atoms with Crippen molar-refractivity contribution in [1.29, 1.82) is 0 Å². The van der Waals surface area contributed by atoms with E-state index in [4.69, 9.17) is 28.4 Å². The molecular weight excluding hydrogens is 464 g/mol. The summed E-state index contributed by atoms with van der Waals surface area (Å²) in [4.78, 5) is 51.2. The van der Waals surface area contributed by atoms with Crippen LogP contribution in [-0.2, 0) is 42.9 Å². The third kappa shape index (κ3) is 5.38. The summed E-state index contributed by atoms with van der Waals surface area (Å²) in [5, 5.41) is 6.09. The number of benzene rings is 1. The van der Waals surface area contributed by atoms with E-state index in [1.807, 2.05) is 0 Å².